The van der Waals surface area contributed by atoms with E-state index in [2.05, 4.69) is 10.1 Å². The summed E-state index contributed by atoms with van der Waals surface area (Å²) in [6.45, 7) is 2.08. The van der Waals surface area contributed by atoms with Gasteiger partial charge in [-0.3, -0.25) is 4.31 Å². The summed E-state index contributed by atoms with van der Waals surface area (Å²) in [6.07, 6.45) is 0. The van der Waals surface area contributed by atoms with Gasteiger partial charge in [-0.25, -0.2) is 12.8 Å². The first-order valence-electron chi connectivity index (χ1n) is 8.75. The van der Waals surface area contributed by atoms with Gasteiger partial charge in [0.2, 0.25) is 5.82 Å². The summed E-state index contributed by atoms with van der Waals surface area (Å²) in [5, 5.41) is 5.51. The third-order valence-corrected chi connectivity index (χ3v) is 7.53. The molecule has 0 amide bonds. The van der Waals surface area contributed by atoms with Crippen LogP contribution in [-0.2, 0) is 10.0 Å². The normalized spacial score (nSPS) is 11.5. The molecule has 0 bridgehead atoms. The van der Waals surface area contributed by atoms with Crippen LogP contribution < -0.4 is 4.31 Å². The smallest absolute Gasteiger partial charge is 0.273 e. The van der Waals surface area contributed by atoms with Crippen LogP contribution in [0.15, 0.2) is 74.8 Å². The first-order chi connectivity index (χ1) is 14.0. The van der Waals surface area contributed by atoms with E-state index in [1.807, 2.05) is 6.07 Å². The molecule has 0 aliphatic rings. The summed E-state index contributed by atoms with van der Waals surface area (Å²) < 4.78 is 46.4. The molecule has 0 radical (unpaired) electrons. The minimum atomic E-state index is -3.73. The predicted octanol–water partition coefficient (Wildman–Crippen LogP) is 4.82. The van der Waals surface area contributed by atoms with Crippen molar-refractivity contribution >= 4 is 27.0 Å². The average Bonchev–Trinajstić information content (AvgIpc) is 3.39. The van der Waals surface area contributed by atoms with Crippen molar-refractivity contribution in [3.63, 3.8) is 0 Å². The van der Waals surface area contributed by atoms with Gasteiger partial charge in [0.05, 0.1) is 11.3 Å². The molecule has 4 rings (SSSR count). The molecule has 2 aromatic heterocycles. The molecular formula is C20H16FN3O3S2. The van der Waals surface area contributed by atoms with Gasteiger partial charge < -0.3 is 4.52 Å². The Kier molecular flexibility index (Phi) is 5.16. The van der Waals surface area contributed by atoms with E-state index in [9.17, 15) is 12.8 Å². The minimum Gasteiger partial charge on any atom is -0.334 e. The maximum atomic E-state index is 13.4. The minimum absolute atomic E-state index is 0.170. The molecule has 0 fully saturated rings. The molecule has 29 heavy (non-hydrogen) atoms. The molecule has 4 aromatic rings. The predicted molar refractivity (Wildman–Crippen MR) is 110 cm³/mol. The number of sulfonamides is 1. The topological polar surface area (TPSA) is 76.3 Å². The first-order valence-corrected chi connectivity index (χ1v) is 11.1. The second kappa shape index (κ2) is 7.76. The van der Waals surface area contributed by atoms with E-state index in [1.165, 1.54) is 22.5 Å². The van der Waals surface area contributed by atoms with Crippen LogP contribution in [0.25, 0.3) is 22.8 Å². The molecule has 0 aliphatic heterocycles. The van der Waals surface area contributed by atoms with E-state index in [0.29, 0.717) is 23.4 Å². The number of benzene rings is 2. The van der Waals surface area contributed by atoms with Gasteiger partial charge >= 0.3 is 0 Å². The Morgan fingerprint density at radius 3 is 2.59 bits per heavy atom. The Bertz CT molecular complexity index is 1240. The summed E-state index contributed by atoms with van der Waals surface area (Å²) in [5.41, 5.74) is 1.56. The molecule has 148 valence electrons. The quantitative estimate of drug-likeness (QED) is 0.439. The standard InChI is InChI=1S/C20H16FN3O3S2/c1-2-24(17-9-4-3-5-10-17)29(25,26)18-12-15(13-28-18)20-22-19(23-27-20)14-7-6-8-16(21)11-14/h3-13H,2H2,1H3. The maximum Gasteiger partial charge on any atom is 0.273 e. The zero-order chi connectivity index (χ0) is 20.4. The van der Waals surface area contributed by atoms with Crippen molar-refractivity contribution in [2.24, 2.45) is 0 Å². The van der Waals surface area contributed by atoms with Crippen molar-refractivity contribution in [2.75, 3.05) is 10.8 Å². The van der Waals surface area contributed by atoms with Gasteiger partial charge in [0.1, 0.15) is 10.0 Å². The lowest BCUT2D eigenvalue weighted by Crippen LogP contribution is -2.30. The van der Waals surface area contributed by atoms with E-state index < -0.39 is 15.8 Å². The molecule has 0 aliphatic carbocycles. The number of hydrogen-bond donors (Lipinski definition) is 0. The zero-order valence-electron chi connectivity index (χ0n) is 15.3. The van der Waals surface area contributed by atoms with Crippen molar-refractivity contribution in [1.82, 2.24) is 10.1 Å². The Hall–Kier alpha value is -3.04. The van der Waals surface area contributed by atoms with Crippen LogP contribution in [0.5, 0.6) is 0 Å². The number of halogens is 1. The average molecular weight is 429 g/mol. The van der Waals surface area contributed by atoms with Crippen LogP contribution >= 0.6 is 11.3 Å². The highest BCUT2D eigenvalue weighted by Gasteiger charge is 2.26. The third-order valence-electron chi connectivity index (χ3n) is 4.21. The van der Waals surface area contributed by atoms with Crippen LogP contribution in [0.1, 0.15) is 6.92 Å². The van der Waals surface area contributed by atoms with Crippen LogP contribution in [0.4, 0.5) is 10.1 Å². The molecule has 2 aromatic carbocycles. The third kappa shape index (κ3) is 3.79. The Labute approximate surface area is 171 Å². The van der Waals surface area contributed by atoms with Gasteiger partial charge in [-0.15, -0.1) is 11.3 Å². The lowest BCUT2D eigenvalue weighted by atomic mass is 10.2. The molecule has 9 heteroatoms. The van der Waals surface area contributed by atoms with E-state index in [1.54, 1.807) is 48.7 Å². The number of nitrogens with zero attached hydrogens (tertiary/aromatic N) is 3. The maximum absolute atomic E-state index is 13.4. The van der Waals surface area contributed by atoms with Crippen LogP contribution in [0.2, 0.25) is 0 Å². The van der Waals surface area contributed by atoms with Gasteiger partial charge in [-0.2, -0.15) is 4.98 Å². The molecule has 0 unspecified atom stereocenters. The van der Waals surface area contributed by atoms with Crippen LogP contribution in [0, 0.1) is 5.82 Å². The van der Waals surface area contributed by atoms with Gasteiger partial charge in [0.25, 0.3) is 15.9 Å². The molecule has 2 heterocycles. The highest BCUT2D eigenvalue weighted by molar-refractivity contribution is 7.94. The number of anilines is 1. The molecule has 0 saturated carbocycles. The summed E-state index contributed by atoms with van der Waals surface area (Å²) in [4.78, 5) is 4.26. The van der Waals surface area contributed by atoms with E-state index in [4.69, 9.17) is 4.52 Å². The first kappa shape index (κ1) is 19.3. The molecular weight excluding hydrogens is 413 g/mol. The van der Waals surface area contributed by atoms with Crippen LogP contribution in [-0.4, -0.2) is 25.1 Å². The molecule has 0 spiro atoms. The Morgan fingerprint density at radius 1 is 1.07 bits per heavy atom. The Balaban J connectivity index is 1.65. The van der Waals surface area contributed by atoms with E-state index in [0.717, 1.165) is 11.3 Å². The van der Waals surface area contributed by atoms with Gasteiger partial charge in [-0.1, -0.05) is 35.5 Å². The van der Waals surface area contributed by atoms with Gasteiger partial charge in [0, 0.05) is 17.5 Å². The second-order valence-corrected chi connectivity index (χ2v) is 9.09. The van der Waals surface area contributed by atoms with E-state index >= 15 is 0 Å². The summed E-state index contributed by atoms with van der Waals surface area (Å²) >= 11 is 1.08. The summed E-state index contributed by atoms with van der Waals surface area (Å²) in [6, 6.07) is 16.3. The zero-order valence-corrected chi connectivity index (χ0v) is 17.0. The number of para-hydroxylation sites is 1. The molecule has 0 N–H and O–H groups in total. The van der Waals surface area contributed by atoms with Crippen molar-refractivity contribution in [1.29, 1.82) is 0 Å². The lowest BCUT2D eigenvalue weighted by molar-refractivity contribution is 0.432. The number of hydrogen-bond acceptors (Lipinski definition) is 6. The number of thiophene rings is 1. The highest BCUT2D eigenvalue weighted by Crippen LogP contribution is 2.32. The second-order valence-electron chi connectivity index (χ2n) is 6.09. The molecule has 0 saturated heterocycles. The van der Waals surface area contributed by atoms with Crippen LogP contribution in [0.3, 0.4) is 0 Å². The fraction of sp³-hybridized carbons (Fsp3) is 0.100. The summed E-state index contributed by atoms with van der Waals surface area (Å²) in [7, 11) is -3.73. The van der Waals surface area contributed by atoms with Crippen molar-refractivity contribution in [3.8, 4) is 22.8 Å². The lowest BCUT2D eigenvalue weighted by Gasteiger charge is -2.21. The van der Waals surface area contributed by atoms with Gasteiger partial charge in [-0.05, 0) is 37.3 Å². The highest BCUT2D eigenvalue weighted by atomic mass is 32.2. The SMILES string of the molecule is CCN(c1ccccc1)S(=O)(=O)c1cc(-c2nc(-c3cccc(F)c3)no2)cs1. The molecule has 6 nitrogen and oxygen atoms in total. The Morgan fingerprint density at radius 2 is 1.86 bits per heavy atom. The van der Waals surface area contributed by atoms with E-state index in [-0.39, 0.29) is 15.9 Å². The fourth-order valence-corrected chi connectivity index (χ4v) is 5.58. The number of rotatable bonds is 6. The van der Waals surface area contributed by atoms with Crippen molar-refractivity contribution < 1.29 is 17.3 Å². The molecule has 0 atom stereocenters. The van der Waals surface area contributed by atoms with Crippen molar-refractivity contribution in [3.05, 3.63) is 71.9 Å². The largest absolute Gasteiger partial charge is 0.334 e. The fourth-order valence-electron chi connectivity index (χ4n) is 2.84. The number of aromatic nitrogens is 2. The van der Waals surface area contributed by atoms with Crippen molar-refractivity contribution in [2.45, 2.75) is 11.1 Å². The van der Waals surface area contributed by atoms with Gasteiger partial charge in [0.15, 0.2) is 0 Å². The summed E-state index contributed by atoms with van der Waals surface area (Å²) in [5.74, 6) is -0.00219. The monoisotopic (exact) mass is 429 g/mol.